The smallest absolute Gasteiger partial charge is 1.00 e. The number of hydrogen-bond donors (Lipinski definition) is 3. The maximum absolute atomic E-state index is 11.4. The van der Waals surface area contributed by atoms with Crippen LogP contribution in [0, 0.1) is 76.7 Å². The third-order valence-corrected chi connectivity index (χ3v) is 22.1. The van der Waals surface area contributed by atoms with Gasteiger partial charge in [0, 0.05) is 0 Å². The van der Waals surface area contributed by atoms with E-state index in [1.54, 1.807) is 53.9 Å². The molecule has 0 fully saturated rings. The van der Waals surface area contributed by atoms with E-state index in [-0.39, 0.29) is 97.5 Å². The molecule has 9 aromatic heterocycles. The number of rotatable bonds is 25. The molecule has 17 rings (SSSR count). The maximum Gasteiger partial charge on any atom is 2.00 e. The van der Waals surface area contributed by atoms with Gasteiger partial charge in [0.15, 0.2) is 28.9 Å². The average molecular weight is 1910 g/mol. The van der Waals surface area contributed by atoms with Crippen molar-refractivity contribution >= 4 is 79.2 Å². The summed E-state index contributed by atoms with van der Waals surface area (Å²) >= 11 is 0. The van der Waals surface area contributed by atoms with E-state index in [9.17, 15) is 15.0 Å². The minimum atomic E-state index is -0.737. The molecule has 0 bridgehead atoms. The van der Waals surface area contributed by atoms with Crippen molar-refractivity contribution < 1.29 is 70.3 Å². The van der Waals surface area contributed by atoms with Crippen LogP contribution in [0.1, 0.15) is 220 Å². The van der Waals surface area contributed by atoms with Crippen molar-refractivity contribution in [3.8, 4) is 29.4 Å². The number of benzene rings is 7. The Labute approximate surface area is 816 Å². The molecule has 0 saturated carbocycles. The van der Waals surface area contributed by atoms with Gasteiger partial charge in [-0.05, 0) is 150 Å². The summed E-state index contributed by atoms with van der Waals surface area (Å²) in [6.07, 6.45) is -0.373. The van der Waals surface area contributed by atoms with Crippen molar-refractivity contribution in [1.29, 1.82) is 0 Å². The fourth-order valence-corrected chi connectivity index (χ4v) is 14.9. The van der Waals surface area contributed by atoms with Gasteiger partial charge in [-0.2, -0.15) is 45.3 Å². The van der Waals surface area contributed by atoms with Crippen molar-refractivity contribution in [3.05, 3.63) is 319 Å². The van der Waals surface area contributed by atoms with E-state index in [1.165, 1.54) is 34.9 Å². The quantitative estimate of drug-likeness (QED) is 0.0272. The summed E-state index contributed by atoms with van der Waals surface area (Å²) in [6.45, 7) is 33.4. The van der Waals surface area contributed by atoms with E-state index in [4.69, 9.17) is 43.4 Å². The molecule has 0 radical (unpaired) electrons. The number of aromatic nitrogens is 18. The molecule has 0 spiro atoms. The van der Waals surface area contributed by atoms with Gasteiger partial charge >= 0.3 is 23.1 Å². The minimum Gasteiger partial charge on any atom is -1.00 e. The van der Waals surface area contributed by atoms with Crippen molar-refractivity contribution in [3.63, 3.8) is 0 Å². The van der Waals surface area contributed by atoms with E-state index in [0.717, 1.165) is 72.6 Å². The molecule has 1 aliphatic heterocycles. The van der Waals surface area contributed by atoms with Gasteiger partial charge in [-0.15, -0.1) is 0 Å². The molecular formula is C103H122BrMgN19O11. The van der Waals surface area contributed by atoms with E-state index < -0.39 is 6.10 Å². The first-order chi connectivity index (χ1) is 63.0. The summed E-state index contributed by atoms with van der Waals surface area (Å²) in [5, 5.41) is 50.0. The monoisotopic (exact) mass is 1900 g/mol. The third-order valence-electron chi connectivity index (χ3n) is 22.1. The van der Waals surface area contributed by atoms with Gasteiger partial charge in [-0.25, -0.2) is 43.6 Å². The van der Waals surface area contributed by atoms with E-state index in [0.29, 0.717) is 142 Å². The second-order valence-electron chi connectivity index (χ2n) is 32.1. The first-order valence-electron chi connectivity index (χ1n) is 43.2. The van der Waals surface area contributed by atoms with Crippen molar-refractivity contribution in [2.75, 3.05) is 42.2 Å². The molecule has 16 aromatic rings. The standard InChI is InChI=1S/C24H26N4O2.C18H22N4O2.C17H20N4O2.C17H18N4O2.C16H17N3O2.C9H12O.CH4.CH3.BrH.Mg/c1-16-10-12-20(13-11-16)17(2)28-23-22(24(29-4)26-18(3)25-23)21(27-28)15-30-14-19-8-6-5-7-9-19;1-10-6-8-14(9-7-10)11(2)22-17-15(16(21-22)12(3)23)18(24-5)20-13(4)19-17;2*1-10-5-7-13(8-6-10)11(2)21-16-15(14(9-22)20-21)17(23-4)19-12(3)18-16;1-11-18-13-8-17-14(15(13)16(19-11)20-2)10-21-9-12-6-4-3-5-7-12;1-7-3-5-9(6-4-7)8(2)10;;;;/h5-13,17H,14-15H2,1-4H3;6-9,11-12,23H,1-5H3;5-8,11,22H,9H2,1-4H3;5-9,11H,1-4H3;3-7H,8-10H2,1-2H3;3-6,8,10H,1-2H3;1H4;1H3;1H;/q;;;;;;;-1;;+2/p-1/t17-;11-,12?;2*11-;;8-;;;;/m0000.1..../s1. The summed E-state index contributed by atoms with van der Waals surface area (Å²) in [6, 6.07) is 61.3. The Hall–Kier alpha value is -12.8. The Bertz CT molecular complexity index is 6580. The van der Waals surface area contributed by atoms with Crippen LogP contribution >= 0.6 is 0 Å². The maximum atomic E-state index is 11.4. The minimum absolute atomic E-state index is 0. The molecule has 1 aliphatic rings. The molecule has 30 nitrogen and oxygen atoms in total. The predicted octanol–water partition coefficient (Wildman–Crippen LogP) is 15.4. The van der Waals surface area contributed by atoms with Gasteiger partial charge in [-0.1, -0.05) is 217 Å². The molecule has 3 N–H and O–H groups in total. The van der Waals surface area contributed by atoms with Crippen LogP contribution in [0.5, 0.6) is 29.4 Å². The zero-order valence-corrected chi connectivity index (χ0v) is 83.3. The number of carbonyl (C=O) groups excluding carboxylic acids is 1. The van der Waals surface area contributed by atoms with Gasteiger partial charge in [-0.3, -0.25) is 9.79 Å². The van der Waals surface area contributed by atoms with Crippen LogP contribution in [-0.4, -0.2) is 181 Å². The SMILES string of the molecule is C.COc1nc(C)nc2c1C(COCc1ccccc1)=NC2.COc1nc(C)nc2c1c(C(C)O)nn2[C@@H](C)c1ccc(C)cc1.COc1nc(C)nc2c1c(C=O)nn2[C@@H](C)c1ccc(C)cc1.COc1nc(C)nc2c1c(CO)nn2[C@@H](C)c1ccc(C)cc1.COc1nc(C)nc2c1c(COCc1ccccc1)nn2[C@@H](C)c1ccc(C)cc1.Cc1ccc([C@@H](C)O)cc1.[Br-].[CH3-].[Mg+2]. The molecule has 1 unspecified atom stereocenters. The van der Waals surface area contributed by atoms with E-state index in [1.807, 2.05) is 147 Å². The molecule has 32 heteroatoms. The van der Waals surface area contributed by atoms with Crippen LogP contribution in [-0.2, 0) is 42.4 Å². The molecule has 0 aliphatic carbocycles. The number of aldehydes is 1. The fourth-order valence-electron chi connectivity index (χ4n) is 14.9. The Morgan fingerprint density at radius 1 is 0.363 bits per heavy atom. The summed E-state index contributed by atoms with van der Waals surface area (Å²) in [4.78, 5) is 60.2. The number of hydrogen-bond acceptors (Lipinski definition) is 26. The number of halogens is 1. The number of nitrogens with zero attached hydrogens (tertiary/aromatic N) is 19. The molecule has 704 valence electrons. The summed E-state index contributed by atoms with van der Waals surface area (Å²) in [5.74, 6) is 5.50. The van der Waals surface area contributed by atoms with Gasteiger partial charge < -0.3 is 72.9 Å². The number of aryl methyl sites for hydroxylation is 10. The first-order valence-corrected chi connectivity index (χ1v) is 43.2. The Morgan fingerprint density at radius 2 is 0.674 bits per heavy atom. The Balaban J connectivity index is 0.000000201. The molecule has 7 aromatic carbocycles. The summed E-state index contributed by atoms with van der Waals surface area (Å²) in [7, 11) is 7.88. The molecule has 0 saturated heterocycles. The second-order valence-corrected chi connectivity index (χ2v) is 32.1. The Morgan fingerprint density at radius 3 is 1.04 bits per heavy atom. The van der Waals surface area contributed by atoms with E-state index in [2.05, 4.69) is 209 Å². The van der Waals surface area contributed by atoms with Gasteiger partial charge in [0.25, 0.3) is 0 Å². The number of aliphatic hydroxyl groups is 3. The molecule has 10 heterocycles. The van der Waals surface area contributed by atoms with Gasteiger partial charge in [0.1, 0.15) is 73.4 Å². The number of methoxy groups -OCH3 is 5. The van der Waals surface area contributed by atoms with Crippen LogP contribution in [0.2, 0.25) is 0 Å². The molecule has 0 amide bonds. The van der Waals surface area contributed by atoms with Crippen LogP contribution in [0.4, 0.5) is 0 Å². The predicted molar refractivity (Wildman–Crippen MR) is 524 cm³/mol. The van der Waals surface area contributed by atoms with Gasteiger partial charge in [0.05, 0.1) is 128 Å². The van der Waals surface area contributed by atoms with E-state index >= 15 is 0 Å². The largest absolute Gasteiger partial charge is 2.00 e. The number of carbonyl (C=O) groups is 1. The van der Waals surface area contributed by atoms with Crippen LogP contribution in [0.25, 0.3) is 44.1 Å². The van der Waals surface area contributed by atoms with Crippen molar-refractivity contribution in [2.24, 2.45) is 4.99 Å². The molecule has 135 heavy (non-hydrogen) atoms. The number of fused-ring (bicyclic) bond motifs is 5. The first kappa shape index (κ1) is 108. The zero-order valence-electron chi connectivity index (χ0n) is 80.3. The zero-order chi connectivity index (χ0) is 93.9. The number of aliphatic imine (C=N–C) groups is 1. The molecular weight excluding hydrogens is 1780 g/mol. The number of aliphatic hydroxyl groups excluding tert-OH is 3. The number of ether oxygens (including phenoxy) is 7. The van der Waals surface area contributed by atoms with Crippen LogP contribution < -0.4 is 40.7 Å². The summed E-state index contributed by atoms with van der Waals surface area (Å²) in [5.41, 5.74) is 21.3. The van der Waals surface area contributed by atoms with Crippen molar-refractivity contribution in [2.45, 2.75) is 188 Å². The Kier molecular flexibility index (Phi) is 39.8. The summed E-state index contributed by atoms with van der Waals surface area (Å²) < 4.78 is 46.0. The molecule has 6 atom stereocenters. The average Bonchev–Trinajstić information content (AvgIpc) is 1.61. The third kappa shape index (κ3) is 26.2. The second kappa shape index (κ2) is 50.0. The van der Waals surface area contributed by atoms with Crippen LogP contribution in [0.15, 0.2) is 187 Å². The fraction of sp³-hybridized carbons (Fsp3) is 0.330. The van der Waals surface area contributed by atoms with Gasteiger partial charge in [0.2, 0.25) is 29.4 Å². The van der Waals surface area contributed by atoms with Crippen molar-refractivity contribution in [1.82, 2.24) is 89.0 Å². The normalized spacial score (nSPS) is 12.4. The van der Waals surface area contributed by atoms with Crippen LogP contribution in [0.3, 0.4) is 0 Å². The topological polar surface area (TPSA) is 355 Å².